The molecule has 1 aromatic heterocycles. The van der Waals surface area contributed by atoms with Gasteiger partial charge in [0.25, 0.3) is 0 Å². The second-order valence-corrected chi connectivity index (χ2v) is 7.86. The van der Waals surface area contributed by atoms with E-state index >= 15 is 0 Å². The molecule has 0 aliphatic carbocycles. The molecule has 0 fully saturated rings. The molecule has 2 rings (SSSR count). The third-order valence-electron chi connectivity index (χ3n) is 3.75. The van der Waals surface area contributed by atoms with E-state index in [1.807, 2.05) is 20.0 Å². The number of aromatic nitrogens is 1. The fourth-order valence-electron chi connectivity index (χ4n) is 2.50. The van der Waals surface area contributed by atoms with Crippen LogP contribution in [0.5, 0.6) is 0 Å². The third kappa shape index (κ3) is 7.07. The second-order valence-electron chi connectivity index (χ2n) is 5.78. The summed E-state index contributed by atoms with van der Waals surface area (Å²) in [6.45, 7) is 6.05. The Morgan fingerprint density at radius 1 is 1.33 bits per heavy atom. The molecule has 7 nitrogen and oxygen atoms in total. The van der Waals surface area contributed by atoms with E-state index in [0.717, 1.165) is 17.5 Å². The van der Waals surface area contributed by atoms with Crippen LogP contribution < -0.4 is 0 Å². The number of hydrogen-bond donors (Lipinski definition) is 1. The summed E-state index contributed by atoms with van der Waals surface area (Å²) in [6, 6.07) is 0. The summed E-state index contributed by atoms with van der Waals surface area (Å²) in [5, 5.41) is 7.12. The normalized spacial score (nSPS) is 14.9. The molecule has 0 aromatic carbocycles. The van der Waals surface area contributed by atoms with Gasteiger partial charge in [-0.1, -0.05) is 6.92 Å². The smallest absolute Gasteiger partial charge is 0.475 e. The highest BCUT2D eigenvalue weighted by molar-refractivity contribution is 7.89. The Morgan fingerprint density at radius 3 is 2.48 bits per heavy atom. The zero-order valence-electron chi connectivity index (χ0n) is 15.1. The van der Waals surface area contributed by atoms with Crippen molar-refractivity contribution in [2.24, 2.45) is 0 Å². The van der Waals surface area contributed by atoms with E-state index in [-0.39, 0.29) is 5.75 Å². The number of halogens is 3. The molecule has 0 radical (unpaired) electrons. The number of ether oxygens (including phenoxy) is 1. The van der Waals surface area contributed by atoms with Gasteiger partial charge in [0.1, 0.15) is 0 Å². The number of carboxylic acid groups (broad SMARTS) is 1. The van der Waals surface area contributed by atoms with Gasteiger partial charge < -0.3 is 9.84 Å². The Kier molecular flexibility index (Phi) is 8.63. The first-order chi connectivity index (χ1) is 12.5. The molecule has 0 amide bonds. The molecule has 1 aliphatic rings. The number of nitrogens with zero attached hydrogens (tertiary/aromatic N) is 2. The van der Waals surface area contributed by atoms with Gasteiger partial charge in [-0.3, -0.25) is 4.98 Å². The van der Waals surface area contributed by atoms with Gasteiger partial charge >= 0.3 is 12.1 Å². The van der Waals surface area contributed by atoms with E-state index < -0.39 is 22.2 Å². The van der Waals surface area contributed by atoms with Crippen LogP contribution in [0.25, 0.3) is 0 Å². The van der Waals surface area contributed by atoms with Crippen LogP contribution in [0.1, 0.15) is 37.0 Å². The topological polar surface area (TPSA) is 96.8 Å². The molecule has 1 N–H and O–H groups in total. The van der Waals surface area contributed by atoms with Gasteiger partial charge in [0, 0.05) is 32.1 Å². The van der Waals surface area contributed by atoms with Crippen LogP contribution in [0, 0.1) is 0 Å². The lowest BCUT2D eigenvalue weighted by Gasteiger charge is -2.29. The largest absolute Gasteiger partial charge is 0.490 e. The standard InChI is InChI=1S/C14H22N2O3S.C2HF3O2/c1-3-7-20(17,18)16-6-5-14-12(10-16)8-15-9-13(14)11-19-4-2;3-2(4,5)1(6)7/h8-9H,3-7,10-11H2,1-2H3;(H,6,7). The molecule has 27 heavy (non-hydrogen) atoms. The summed E-state index contributed by atoms with van der Waals surface area (Å²) in [5.41, 5.74) is 3.29. The van der Waals surface area contributed by atoms with E-state index in [2.05, 4.69) is 4.98 Å². The molecule has 0 bridgehead atoms. The highest BCUT2D eigenvalue weighted by Gasteiger charge is 2.38. The van der Waals surface area contributed by atoms with Crippen molar-refractivity contribution in [3.8, 4) is 0 Å². The minimum Gasteiger partial charge on any atom is -0.475 e. The maximum Gasteiger partial charge on any atom is 0.490 e. The lowest BCUT2D eigenvalue weighted by atomic mass is 9.99. The van der Waals surface area contributed by atoms with Crippen LogP contribution in [0.2, 0.25) is 0 Å². The SMILES string of the molecule is CCCS(=O)(=O)N1CCc2c(COCC)cncc2C1.O=C(O)C(F)(F)F. The van der Waals surface area contributed by atoms with E-state index in [9.17, 15) is 21.6 Å². The maximum atomic E-state index is 12.1. The van der Waals surface area contributed by atoms with Crippen molar-refractivity contribution in [1.29, 1.82) is 0 Å². The van der Waals surface area contributed by atoms with Crippen molar-refractivity contribution >= 4 is 16.0 Å². The lowest BCUT2D eigenvalue weighted by molar-refractivity contribution is -0.192. The number of rotatable bonds is 6. The monoisotopic (exact) mass is 412 g/mol. The number of sulfonamides is 1. The van der Waals surface area contributed by atoms with E-state index in [1.165, 1.54) is 5.56 Å². The number of carbonyl (C=O) groups is 1. The number of aliphatic carboxylic acids is 1. The van der Waals surface area contributed by atoms with Crippen LogP contribution >= 0.6 is 0 Å². The number of carboxylic acids is 1. The molecule has 11 heteroatoms. The fourth-order valence-corrected chi connectivity index (χ4v) is 3.98. The second kappa shape index (κ2) is 10.00. The first-order valence-corrected chi connectivity index (χ1v) is 9.94. The minimum absolute atomic E-state index is 0.217. The summed E-state index contributed by atoms with van der Waals surface area (Å²) in [4.78, 5) is 13.1. The van der Waals surface area contributed by atoms with Crippen molar-refractivity contribution in [3.63, 3.8) is 0 Å². The fraction of sp³-hybridized carbons (Fsp3) is 0.625. The number of fused-ring (bicyclic) bond motifs is 1. The van der Waals surface area contributed by atoms with Crippen molar-refractivity contribution in [2.75, 3.05) is 18.9 Å². The van der Waals surface area contributed by atoms with Crippen molar-refractivity contribution in [1.82, 2.24) is 9.29 Å². The average molecular weight is 412 g/mol. The molecule has 0 unspecified atom stereocenters. The molecule has 1 aromatic rings. The van der Waals surface area contributed by atoms with Gasteiger partial charge in [0.2, 0.25) is 10.0 Å². The van der Waals surface area contributed by atoms with E-state index in [4.69, 9.17) is 14.6 Å². The highest BCUT2D eigenvalue weighted by atomic mass is 32.2. The van der Waals surface area contributed by atoms with E-state index in [0.29, 0.717) is 32.7 Å². The molecular formula is C16H23F3N2O5S. The summed E-state index contributed by atoms with van der Waals surface area (Å²) < 4.78 is 63.0. The number of hydrogen-bond acceptors (Lipinski definition) is 5. The van der Waals surface area contributed by atoms with Crippen molar-refractivity contribution < 1.29 is 36.2 Å². The Balaban J connectivity index is 0.000000445. The Morgan fingerprint density at radius 2 is 1.96 bits per heavy atom. The van der Waals surface area contributed by atoms with Crippen molar-refractivity contribution in [3.05, 3.63) is 29.1 Å². The quantitative estimate of drug-likeness (QED) is 0.771. The molecular weight excluding hydrogens is 389 g/mol. The lowest BCUT2D eigenvalue weighted by Crippen LogP contribution is -2.37. The summed E-state index contributed by atoms with van der Waals surface area (Å²) in [7, 11) is -3.13. The van der Waals surface area contributed by atoms with E-state index in [1.54, 1.807) is 10.5 Å². The predicted molar refractivity (Wildman–Crippen MR) is 91.4 cm³/mol. The van der Waals surface area contributed by atoms with Gasteiger partial charge in [0.15, 0.2) is 0 Å². The molecule has 0 saturated carbocycles. The van der Waals surface area contributed by atoms with Crippen LogP contribution in [-0.4, -0.2) is 53.9 Å². The van der Waals surface area contributed by atoms with Crippen LogP contribution in [-0.2, 0) is 39.1 Å². The minimum atomic E-state index is -5.08. The molecule has 154 valence electrons. The highest BCUT2D eigenvalue weighted by Crippen LogP contribution is 2.24. The zero-order valence-corrected chi connectivity index (χ0v) is 15.9. The van der Waals surface area contributed by atoms with Crippen LogP contribution in [0.3, 0.4) is 0 Å². The van der Waals surface area contributed by atoms with Crippen LogP contribution in [0.4, 0.5) is 13.2 Å². The summed E-state index contributed by atoms with van der Waals surface area (Å²) >= 11 is 0. The average Bonchev–Trinajstić information content (AvgIpc) is 2.59. The molecule has 1 aliphatic heterocycles. The Bertz CT molecular complexity index is 738. The first kappa shape index (κ1) is 23.3. The maximum absolute atomic E-state index is 12.1. The van der Waals surface area contributed by atoms with Gasteiger partial charge in [-0.25, -0.2) is 13.2 Å². The number of pyridine rings is 1. The molecule has 0 saturated heterocycles. The zero-order chi connectivity index (χ0) is 20.7. The van der Waals surface area contributed by atoms with Crippen LogP contribution in [0.15, 0.2) is 12.4 Å². The molecule has 0 spiro atoms. The Hall–Kier alpha value is -1.72. The van der Waals surface area contributed by atoms with Crippen molar-refractivity contribution in [2.45, 2.75) is 46.0 Å². The van der Waals surface area contributed by atoms with Gasteiger partial charge in [-0.05, 0) is 36.5 Å². The molecule has 2 heterocycles. The summed E-state index contributed by atoms with van der Waals surface area (Å²) in [5.74, 6) is -2.54. The first-order valence-electron chi connectivity index (χ1n) is 8.33. The predicted octanol–water partition coefficient (Wildman–Crippen LogP) is 2.35. The van der Waals surface area contributed by atoms with Gasteiger partial charge in [0.05, 0.1) is 12.4 Å². The molecule has 0 atom stereocenters. The third-order valence-corrected chi connectivity index (χ3v) is 5.78. The Labute approximate surface area is 156 Å². The van der Waals surface area contributed by atoms with Gasteiger partial charge in [-0.15, -0.1) is 0 Å². The number of alkyl halides is 3. The summed E-state index contributed by atoms with van der Waals surface area (Å²) in [6.07, 6.45) is -0.0966. The van der Waals surface area contributed by atoms with Gasteiger partial charge in [-0.2, -0.15) is 17.5 Å².